The van der Waals surface area contributed by atoms with Gasteiger partial charge >= 0.3 is 6.09 Å². The Bertz CT molecular complexity index is 481. The number of carboxylic acid groups (broad SMARTS) is 1. The van der Waals surface area contributed by atoms with E-state index in [1.807, 2.05) is 6.92 Å². The molecule has 0 spiro atoms. The summed E-state index contributed by atoms with van der Waals surface area (Å²) in [5.41, 5.74) is 0.462. The van der Waals surface area contributed by atoms with Crippen LogP contribution in [0.1, 0.15) is 31.4 Å². The van der Waals surface area contributed by atoms with Crippen LogP contribution in [0.5, 0.6) is 0 Å². The lowest BCUT2D eigenvalue weighted by atomic mass is 10.0. The number of nitro groups is 1. The van der Waals surface area contributed by atoms with Crippen LogP contribution >= 0.6 is 11.6 Å². The minimum atomic E-state index is -1.18. The van der Waals surface area contributed by atoms with Gasteiger partial charge in [0, 0.05) is 16.5 Å². The van der Waals surface area contributed by atoms with Crippen molar-refractivity contribution in [2.24, 2.45) is 0 Å². The molecule has 1 aromatic carbocycles. The maximum Gasteiger partial charge on any atom is 0.408 e. The lowest BCUT2D eigenvalue weighted by Crippen LogP contribution is -2.38. The summed E-state index contributed by atoms with van der Waals surface area (Å²) in [6.45, 7) is 1.67. The van der Waals surface area contributed by atoms with Gasteiger partial charge < -0.3 is 5.11 Å². The van der Waals surface area contributed by atoms with E-state index in [1.165, 1.54) is 0 Å². The summed E-state index contributed by atoms with van der Waals surface area (Å²) in [6.07, 6.45) is 0.271. The van der Waals surface area contributed by atoms with Crippen LogP contribution in [0.15, 0.2) is 24.3 Å². The summed E-state index contributed by atoms with van der Waals surface area (Å²) in [5.74, 6) is 0. The van der Waals surface area contributed by atoms with E-state index < -0.39 is 23.6 Å². The molecule has 6 nitrogen and oxygen atoms in total. The lowest BCUT2D eigenvalue weighted by Gasteiger charge is -2.27. The fourth-order valence-corrected chi connectivity index (χ4v) is 2.23. The molecule has 110 valence electrons. The predicted molar refractivity (Wildman–Crippen MR) is 75.7 cm³/mol. The van der Waals surface area contributed by atoms with Crippen LogP contribution in [0.25, 0.3) is 0 Å². The molecule has 0 saturated heterocycles. The van der Waals surface area contributed by atoms with E-state index in [0.29, 0.717) is 17.0 Å². The second-order valence-corrected chi connectivity index (χ2v) is 4.79. The molecule has 7 heteroatoms. The Morgan fingerprint density at radius 2 is 2.15 bits per heavy atom. The number of hydrogen-bond acceptors (Lipinski definition) is 3. The Morgan fingerprint density at radius 3 is 2.65 bits per heavy atom. The van der Waals surface area contributed by atoms with Gasteiger partial charge in [-0.2, -0.15) is 0 Å². The molecule has 0 bridgehead atoms. The van der Waals surface area contributed by atoms with E-state index in [9.17, 15) is 20.0 Å². The average Bonchev–Trinajstić information content (AvgIpc) is 2.37. The molecule has 1 N–H and O–H groups in total. The second-order valence-electron chi connectivity index (χ2n) is 4.38. The Balaban J connectivity index is 3.12. The van der Waals surface area contributed by atoms with Gasteiger partial charge in [-0.05, 0) is 18.1 Å². The highest BCUT2D eigenvalue weighted by Gasteiger charge is 2.30. The molecule has 0 radical (unpaired) electrons. The van der Waals surface area contributed by atoms with Crippen molar-refractivity contribution in [1.82, 2.24) is 4.90 Å². The van der Waals surface area contributed by atoms with Crippen LogP contribution in [0.3, 0.4) is 0 Å². The molecular formula is C13H17ClN2O4. The number of benzene rings is 1. The molecule has 20 heavy (non-hydrogen) atoms. The van der Waals surface area contributed by atoms with Crippen molar-refractivity contribution in [3.05, 3.63) is 45.0 Å². The number of nitrogens with zero attached hydrogens (tertiary/aromatic N) is 2. The van der Waals surface area contributed by atoms with Crippen LogP contribution in [0.4, 0.5) is 4.79 Å². The zero-order valence-corrected chi connectivity index (χ0v) is 11.9. The summed E-state index contributed by atoms with van der Waals surface area (Å²) in [6, 6.07) is 5.74. The third-order valence-corrected chi connectivity index (χ3v) is 3.30. The molecule has 0 aromatic heterocycles. The van der Waals surface area contributed by atoms with Gasteiger partial charge in [0.1, 0.15) is 6.04 Å². The molecule has 1 atom stereocenters. The highest BCUT2D eigenvalue weighted by atomic mass is 35.5. The minimum absolute atomic E-state index is 0.246. The SMILES string of the molecule is CCCCN(C(=O)O)C(C[N+](=O)[O-])c1ccccc1Cl. The van der Waals surface area contributed by atoms with Gasteiger partial charge in [-0.25, -0.2) is 4.79 Å². The number of carbonyl (C=O) groups is 1. The Hall–Kier alpha value is -1.82. The van der Waals surface area contributed by atoms with Crippen molar-refractivity contribution >= 4 is 17.7 Å². The van der Waals surface area contributed by atoms with Crippen molar-refractivity contribution in [3.8, 4) is 0 Å². The first-order valence-electron chi connectivity index (χ1n) is 6.33. The fourth-order valence-electron chi connectivity index (χ4n) is 1.96. The Morgan fingerprint density at radius 1 is 1.50 bits per heavy atom. The first-order valence-corrected chi connectivity index (χ1v) is 6.71. The van der Waals surface area contributed by atoms with Crippen LogP contribution in [0, 0.1) is 10.1 Å². The average molecular weight is 301 g/mol. The number of halogens is 1. The van der Waals surface area contributed by atoms with Gasteiger partial charge in [0.25, 0.3) is 0 Å². The number of amides is 1. The van der Waals surface area contributed by atoms with Gasteiger partial charge in [0.15, 0.2) is 0 Å². The van der Waals surface area contributed by atoms with Gasteiger partial charge in [0.05, 0.1) is 0 Å². The molecule has 0 aliphatic heterocycles. The second kappa shape index (κ2) is 7.69. The van der Waals surface area contributed by atoms with E-state index in [4.69, 9.17) is 11.6 Å². The number of unbranched alkanes of at least 4 members (excludes halogenated alkanes) is 1. The van der Waals surface area contributed by atoms with E-state index in [0.717, 1.165) is 11.3 Å². The standard InChI is InChI=1S/C13H17ClN2O4/c1-2-3-8-15(13(17)18)12(9-16(19)20)10-6-4-5-7-11(10)14/h4-7,12H,2-3,8-9H2,1H3,(H,17,18). The van der Waals surface area contributed by atoms with Crippen LogP contribution in [-0.2, 0) is 0 Å². The largest absolute Gasteiger partial charge is 0.465 e. The molecular weight excluding hydrogens is 284 g/mol. The van der Waals surface area contributed by atoms with E-state index in [2.05, 4.69) is 0 Å². The zero-order chi connectivity index (χ0) is 15.1. The summed E-state index contributed by atoms with van der Waals surface area (Å²) < 4.78 is 0. The highest BCUT2D eigenvalue weighted by molar-refractivity contribution is 6.31. The molecule has 0 heterocycles. The summed E-state index contributed by atoms with van der Waals surface area (Å²) in [4.78, 5) is 22.8. The molecule has 1 rings (SSSR count). The normalized spacial score (nSPS) is 11.9. The van der Waals surface area contributed by atoms with Crippen molar-refractivity contribution < 1.29 is 14.8 Å². The molecule has 1 amide bonds. The third kappa shape index (κ3) is 4.38. The van der Waals surface area contributed by atoms with Crippen LogP contribution < -0.4 is 0 Å². The van der Waals surface area contributed by atoms with Crippen molar-refractivity contribution in [1.29, 1.82) is 0 Å². The predicted octanol–water partition coefficient (Wildman–Crippen LogP) is 3.44. The van der Waals surface area contributed by atoms with Crippen molar-refractivity contribution in [2.75, 3.05) is 13.1 Å². The van der Waals surface area contributed by atoms with E-state index >= 15 is 0 Å². The molecule has 0 fully saturated rings. The van der Waals surface area contributed by atoms with Crippen molar-refractivity contribution in [3.63, 3.8) is 0 Å². The minimum Gasteiger partial charge on any atom is -0.465 e. The smallest absolute Gasteiger partial charge is 0.408 e. The molecule has 0 saturated carbocycles. The van der Waals surface area contributed by atoms with E-state index in [-0.39, 0.29) is 6.54 Å². The Labute approximate surface area is 122 Å². The number of hydrogen-bond donors (Lipinski definition) is 1. The van der Waals surface area contributed by atoms with Crippen LogP contribution in [-0.4, -0.2) is 34.1 Å². The van der Waals surface area contributed by atoms with Crippen molar-refractivity contribution in [2.45, 2.75) is 25.8 Å². The summed E-state index contributed by atoms with van der Waals surface area (Å²) >= 11 is 6.04. The third-order valence-electron chi connectivity index (χ3n) is 2.96. The molecule has 1 aromatic rings. The van der Waals surface area contributed by atoms with Gasteiger partial charge in [-0.15, -0.1) is 0 Å². The van der Waals surface area contributed by atoms with Crippen LogP contribution in [0.2, 0.25) is 5.02 Å². The summed E-state index contributed by atoms with van der Waals surface area (Å²) in [7, 11) is 0. The van der Waals surface area contributed by atoms with Gasteiger partial charge in [-0.3, -0.25) is 15.0 Å². The van der Waals surface area contributed by atoms with Gasteiger partial charge in [0.2, 0.25) is 6.54 Å². The maximum atomic E-state index is 11.4. The van der Waals surface area contributed by atoms with Gasteiger partial charge in [-0.1, -0.05) is 43.1 Å². The number of rotatable bonds is 7. The monoisotopic (exact) mass is 300 g/mol. The highest BCUT2D eigenvalue weighted by Crippen LogP contribution is 2.28. The summed E-state index contributed by atoms with van der Waals surface area (Å²) in [5, 5.41) is 20.5. The molecule has 0 aliphatic rings. The topological polar surface area (TPSA) is 83.7 Å². The van der Waals surface area contributed by atoms with E-state index in [1.54, 1.807) is 24.3 Å². The first-order chi connectivity index (χ1) is 9.47. The maximum absolute atomic E-state index is 11.4. The Kier molecular flexibility index (Phi) is 6.24. The molecule has 1 unspecified atom stereocenters. The fraction of sp³-hybridized carbons (Fsp3) is 0.462. The first kappa shape index (κ1) is 16.2. The lowest BCUT2D eigenvalue weighted by molar-refractivity contribution is -0.487. The molecule has 0 aliphatic carbocycles. The quantitative estimate of drug-likeness (QED) is 0.617. The zero-order valence-electron chi connectivity index (χ0n) is 11.2.